The van der Waals surface area contributed by atoms with E-state index in [9.17, 15) is 0 Å². The van der Waals surface area contributed by atoms with Crippen molar-refractivity contribution in [3.63, 3.8) is 0 Å². The number of hydrogen-bond acceptors (Lipinski definition) is 4. The van der Waals surface area contributed by atoms with Crippen molar-refractivity contribution in [2.45, 2.75) is 0 Å². The van der Waals surface area contributed by atoms with E-state index in [0.717, 1.165) is 5.52 Å². The van der Waals surface area contributed by atoms with E-state index in [1.807, 2.05) is 0 Å². The zero-order chi connectivity index (χ0) is 9.54. The molecule has 0 N–H and O–H groups in total. The molecule has 0 amide bonds. The van der Waals surface area contributed by atoms with E-state index in [2.05, 4.69) is 9.97 Å². The molecular formula is C9H5ClN2O2. The molecule has 1 aliphatic heterocycles. The molecule has 1 aromatic heterocycles. The standard InChI is InChI=1S/C9H5ClN2O2/c10-9-3-11-5-1-7-8(14-4-13-7)2-6(5)12-9/h1-3H,4H2. The average Bonchev–Trinajstić information content (AvgIpc) is 2.61. The molecule has 14 heavy (non-hydrogen) atoms. The second-order valence-electron chi connectivity index (χ2n) is 2.89. The fraction of sp³-hybridized carbons (Fsp3) is 0.111. The van der Waals surface area contributed by atoms with Crippen molar-refractivity contribution in [1.29, 1.82) is 0 Å². The quantitative estimate of drug-likeness (QED) is 0.664. The molecule has 2 aromatic rings. The second kappa shape index (κ2) is 2.72. The van der Waals surface area contributed by atoms with Crippen molar-refractivity contribution < 1.29 is 9.47 Å². The fourth-order valence-electron chi connectivity index (χ4n) is 1.38. The van der Waals surface area contributed by atoms with Crippen molar-refractivity contribution >= 4 is 22.6 Å². The Morgan fingerprint density at radius 1 is 1.14 bits per heavy atom. The van der Waals surface area contributed by atoms with E-state index in [0.29, 0.717) is 22.2 Å². The first-order chi connectivity index (χ1) is 6.83. The fourth-order valence-corrected chi connectivity index (χ4v) is 1.52. The van der Waals surface area contributed by atoms with Gasteiger partial charge < -0.3 is 9.47 Å². The van der Waals surface area contributed by atoms with Crippen LogP contribution in [0, 0.1) is 0 Å². The summed E-state index contributed by atoms with van der Waals surface area (Å²) < 4.78 is 10.4. The minimum atomic E-state index is 0.249. The van der Waals surface area contributed by atoms with Crippen LogP contribution in [-0.2, 0) is 0 Å². The van der Waals surface area contributed by atoms with Crippen LogP contribution in [0.15, 0.2) is 18.3 Å². The van der Waals surface area contributed by atoms with Gasteiger partial charge in [0.15, 0.2) is 11.5 Å². The van der Waals surface area contributed by atoms with Gasteiger partial charge in [0.25, 0.3) is 0 Å². The van der Waals surface area contributed by atoms with Gasteiger partial charge in [-0.05, 0) is 0 Å². The number of halogens is 1. The summed E-state index contributed by atoms with van der Waals surface area (Å²) in [6.45, 7) is 0.249. The molecule has 0 fully saturated rings. The summed E-state index contributed by atoms with van der Waals surface area (Å²) in [5, 5.41) is 0.372. The summed E-state index contributed by atoms with van der Waals surface area (Å²) in [4.78, 5) is 8.25. The Kier molecular flexibility index (Phi) is 1.52. The van der Waals surface area contributed by atoms with Gasteiger partial charge in [-0.3, -0.25) is 4.98 Å². The molecule has 0 saturated carbocycles. The molecule has 5 heteroatoms. The van der Waals surface area contributed by atoms with Crippen LogP contribution in [-0.4, -0.2) is 16.8 Å². The first kappa shape index (κ1) is 7.82. The Balaban J connectivity index is 2.33. The van der Waals surface area contributed by atoms with Crippen LogP contribution in [0.5, 0.6) is 11.5 Å². The molecule has 3 rings (SSSR count). The highest BCUT2D eigenvalue weighted by Gasteiger charge is 2.15. The molecule has 0 atom stereocenters. The van der Waals surface area contributed by atoms with E-state index in [1.165, 1.54) is 6.20 Å². The zero-order valence-electron chi connectivity index (χ0n) is 7.03. The molecule has 0 spiro atoms. The van der Waals surface area contributed by atoms with E-state index in [-0.39, 0.29) is 6.79 Å². The van der Waals surface area contributed by atoms with Crippen LogP contribution in [0.1, 0.15) is 0 Å². The van der Waals surface area contributed by atoms with Gasteiger partial charge in [0.05, 0.1) is 17.2 Å². The van der Waals surface area contributed by atoms with Crippen molar-refractivity contribution in [3.05, 3.63) is 23.5 Å². The normalized spacial score (nSPS) is 13.5. The zero-order valence-corrected chi connectivity index (χ0v) is 7.78. The highest BCUT2D eigenvalue weighted by atomic mass is 35.5. The Hall–Kier alpha value is -1.55. The number of rotatable bonds is 0. The number of aromatic nitrogens is 2. The number of benzene rings is 1. The summed E-state index contributed by atoms with van der Waals surface area (Å²) in [6.07, 6.45) is 1.51. The van der Waals surface area contributed by atoms with E-state index in [1.54, 1.807) is 12.1 Å². The molecule has 2 heterocycles. The Labute approximate surface area is 84.4 Å². The molecule has 0 aliphatic carbocycles. The molecule has 0 saturated heterocycles. The maximum atomic E-state index is 5.72. The molecule has 4 nitrogen and oxygen atoms in total. The lowest BCUT2D eigenvalue weighted by molar-refractivity contribution is 0.174. The van der Waals surface area contributed by atoms with Gasteiger partial charge in [-0.15, -0.1) is 0 Å². The van der Waals surface area contributed by atoms with E-state index < -0.39 is 0 Å². The van der Waals surface area contributed by atoms with Crippen molar-refractivity contribution in [1.82, 2.24) is 9.97 Å². The van der Waals surface area contributed by atoms with Gasteiger partial charge in [0.1, 0.15) is 5.15 Å². The lowest BCUT2D eigenvalue weighted by Gasteiger charge is -1.99. The van der Waals surface area contributed by atoms with Gasteiger partial charge in [-0.2, -0.15) is 0 Å². The third-order valence-electron chi connectivity index (χ3n) is 2.01. The summed E-state index contributed by atoms with van der Waals surface area (Å²) in [5.41, 5.74) is 1.46. The number of ether oxygens (including phenoxy) is 2. The molecule has 0 bridgehead atoms. The highest BCUT2D eigenvalue weighted by Crippen LogP contribution is 2.34. The van der Waals surface area contributed by atoms with Crippen LogP contribution in [0.2, 0.25) is 5.15 Å². The number of hydrogen-bond donors (Lipinski definition) is 0. The third kappa shape index (κ3) is 1.08. The predicted molar refractivity (Wildman–Crippen MR) is 50.7 cm³/mol. The summed E-state index contributed by atoms with van der Waals surface area (Å²) in [7, 11) is 0. The van der Waals surface area contributed by atoms with E-state index in [4.69, 9.17) is 21.1 Å². The third-order valence-corrected chi connectivity index (χ3v) is 2.19. The van der Waals surface area contributed by atoms with Crippen molar-refractivity contribution in [2.75, 3.05) is 6.79 Å². The van der Waals surface area contributed by atoms with Crippen LogP contribution in [0.25, 0.3) is 11.0 Å². The SMILES string of the molecule is Clc1cnc2cc3c(cc2n1)OCO3. The second-order valence-corrected chi connectivity index (χ2v) is 3.27. The van der Waals surface area contributed by atoms with Gasteiger partial charge in [-0.25, -0.2) is 4.98 Å². The molecule has 1 aliphatic rings. The lowest BCUT2D eigenvalue weighted by Crippen LogP contribution is -1.92. The van der Waals surface area contributed by atoms with Crippen molar-refractivity contribution in [2.24, 2.45) is 0 Å². The minimum absolute atomic E-state index is 0.249. The van der Waals surface area contributed by atoms with Gasteiger partial charge in [-0.1, -0.05) is 11.6 Å². The molecule has 0 unspecified atom stereocenters. The lowest BCUT2D eigenvalue weighted by atomic mass is 10.2. The first-order valence-corrected chi connectivity index (χ1v) is 4.42. The highest BCUT2D eigenvalue weighted by molar-refractivity contribution is 6.29. The number of nitrogens with zero attached hydrogens (tertiary/aromatic N) is 2. The van der Waals surface area contributed by atoms with Crippen molar-refractivity contribution in [3.8, 4) is 11.5 Å². The van der Waals surface area contributed by atoms with Crippen LogP contribution >= 0.6 is 11.6 Å². The molecule has 1 aromatic carbocycles. The largest absolute Gasteiger partial charge is 0.454 e. The Morgan fingerprint density at radius 2 is 1.86 bits per heavy atom. The van der Waals surface area contributed by atoms with E-state index >= 15 is 0 Å². The average molecular weight is 209 g/mol. The molecule has 70 valence electrons. The number of fused-ring (bicyclic) bond motifs is 2. The Bertz CT molecular complexity index is 515. The van der Waals surface area contributed by atoms with Crippen LogP contribution < -0.4 is 9.47 Å². The first-order valence-electron chi connectivity index (χ1n) is 4.05. The Morgan fingerprint density at radius 3 is 2.64 bits per heavy atom. The summed E-state index contributed by atoms with van der Waals surface area (Å²) in [5.74, 6) is 1.39. The topological polar surface area (TPSA) is 44.2 Å². The maximum Gasteiger partial charge on any atom is 0.231 e. The predicted octanol–water partition coefficient (Wildman–Crippen LogP) is 2.01. The van der Waals surface area contributed by atoms with Gasteiger partial charge in [0, 0.05) is 12.1 Å². The summed E-state index contributed by atoms with van der Waals surface area (Å²) >= 11 is 5.72. The van der Waals surface area contributed by atoms with Gasteiger partial charge in [0.2, 0.25) is 6.79 Å². The van der Waals surface area contributed by atoms with Crippen LogP contribution in [0.4, 0.5) is 0 Å². The molecule has 0 radical (unpaired) electrons. The van der Waals surface area contributed by atoms with Gasteiger partial charge >= 0.3 is 0 Å². The smallest absolute Gasteiger partial charge is 0.231 e. The monoisotopic (exact) mass is 208 g/mol. The summed E-state index contributed by atoms with van der Waals surface area (Å²) in [6, 6.07) is 3.57. The molecular weight excluding hydrogens is 204 g/mol. The minimum Gasteiger partial charge on any atom is -0.454 e. The van der Waals surface area contributed by atoms with Crippen LogP contribution in [0.3, 0.4) is 0 Å². The maximum absolute atomic E-state index is 5.72.